The Hall–Kier alpha value is -4.84. The van der Waals surface area contributed by atoms with Crippen molar-refractivity contribution in [2.45, 2.75) is 0 Å². The van der Waals surface area contributed by atoms with Crippen molar-refractivity contribution in [3.63, 3.8) is 0 Å². The zero-order chi connectivity index (χ0) is 23.4. The average molecular weight is 444 g/mol. The fraction of sp³-hybridized carbons (Fsp3) is 0. The minimum atomic E-state index is -0.393. The maximum absolute atomic E-state index is 13.1. The second-order valence-corrected chi connectivity index (χ2v) is 8.08. The van der Waals surface area contributed by atoms with Gasteiger partial charge < -0.3 is 0 Å². The van der Waals surface area contributed by atoms with Crippen molar-refractivity contribution in [1.29, 1.82) is 0 Å². The lowest BCUT2D eigenvalue weighted by molar-refractivity contribution is 0.0910. The number of hydrogen-bond donors (Lipinski definition) is 0. The molecule has 0 spiro atoms. The predicted molar refractivity (Wildman–Crippen MR) is 127 cm³/mol. The van der Waals surface area contributed by atoms with Gasteiger partial charge in [0.25, 0.3) is 23.6 Å². The Balaban J connectivity index is 1.38. The Morgan fingerprint density at radius 2 is 0.735 bits per heavy atom. The third-order valence-corrected chi connectivity index (χ3v) is 6.14. The standard InChI is InChI=1S/C28H16N2O4/c31-25-21-13-11-17(15-23(21)27(33)29(25)19-7-3-1-4-8-19)18-12-14-22-24(16-18)28(34)30(26(22)32)20-9-5-2-6-10-20/h1-16H. The van der Waals surface area contributed by atoms with Crippen LogP contribution in [0.4, 0.5) is 11.4 Å². The zero-order valence-electron chi connectivity index (χ0n) is 17.8. The van der Waals surface area contributed by atoms with Crippen LogP contribution in [0, 0.1) is 0 Å². The van der Waals surface area contributed by atoms with Crippen LogP contribution in [-0.2, 0) is 0 Å². The number of carbonyl (C=O) groups excluding carboxylic acids is 4. The summed E-state index contributed by atoms with van der Waals surface area (Å²) in [5, 5.41) is 0. The second kappa shape index (κ2) is 7.35. The van der Waals surface area contributed by atoms with E-state index in [2.05, 4.69) is 0 Å². The fourth-order valence-electron chi connectivity index (χ4n) is 4.46. The normalized spacial score (nSPS) is 14.6. The Labute approximate surface area is 194 Å². The summed E-state index contributed by atoms with van der Waals surface area (Å²) >= 11 is 0. The van der Waals surface area contributed by atoms with Crippen LogP contribution in [0.1, 0.15) is 41.4 Å². The van der Waals surface area contributed by atoms with Crippen molar-refractivity contribution in [3.8, 4) is 11.1 Å². The van der Waals surface area contributed by atoms with E-state index < -0.39 is 11.8 Å². The van der Waals surface area contributed by atoms with Crippen LogP contribution >= 0.6 is 0 Å². The molecule has 0 bridgehead atoms. The Morgan fingerprint density at radius 3 is 1.12 bits per heavy atom. The van der Waals surface area contributed by atoms with Gasteiger partial charge in [0, 0.05) is 0 Å². The van der Waals surface area contributed by atoms with Crippen LogP contribution in [-0.4, -0.2) is 23.6 Å². The first-order valence-corrected chi connectivity index (χ1v) is 10.7. The topological polar surface area (TPSA) is 74.8 Å². The van der Waals surface area contributed by atoms with Gasteiger partial charge in [-0.05, 0) is 59.7 Å². The Bertz CT molecular complexity index is 1410. The lowest BCUT2D eigenvalue weighted by Gasteiger charge is -2.13. The molecule has 4 aromatic carbocycles. The van der Waals surface area contributed by atoms with Gasteiger partial charge in [0.1, 0.15) is 0 Å². The smallest absolute Gasteiger partial charge is 0.266 e. The summed E-state index contributed by atoms with van der Waals surface area (Å²) in [4.78, 5) is 54.2. The second-order valence-electron chi connectivity index (χ2n) is 8.08. The maximum atomic E-state index is 13.1. The highest BCUT2D eigenvalue weighted by molar-refractivity contribution is 6.35. The van der Waals surface area contributed by atoms with E-state index in [1.54, 1.807) is 84.9 Å². The van der Waals surface area contributed by atoms with Gasteiger partial charge in [-0.15, -0.1) is 0 Å². The van der Waals surface area contributed by atoms with Crippen molar-refractivity contribution in [1.82, 2.24) is 0 Å². The summed E-state index contributed by atoms with van der Waals surface area (Å²) < 4.78 is 0. The fourth-order valence-corrected chi connectivity index (χ4v) is 4.46. The Kier molecular flexibility index (Phi) is 4.28. The highest BCUT2D eigenvalue weighted by Gasteiger charge is 2.38. The molecule has 4 aromatic rings. The van der Waals surface area contributed by atoms with Gasteiger partial charge in [-0.2, -0.15) is 0 Å². The van der Waals surface area contributed by atoms with E-state index in [0.29, 0.717) is 44.8 Å². The minimum absolute atomic E-state index is 0.306. The molecule has 0 atom stereocenters. The number of carbonyl (C=O) groups is 4. The molecule has 4 amide bonds. The van der Waals surface area contributed by atoms with E-state index in [0.717, 1.165) is 9.80 Å². The molecule has 0 N–H and O–H groups in total. The summed E-state index contributed by atoms with van der Waals surface area (Å²) in [6, 6.07) is 27.6. The first kappa shape index (κ1) is 19.8. The van der Waals surface area contributed by atoms with Gasteiger partial charge in [0.15, 0.2) is 0 Å². The number of hydrogen-bond acceptors (Lipinski definition) is 4. The summed E-state index contributed by atoms with van der Waals surface area (Å²) in [5.41, 5.74) is 3.66. The molecule has 0 aliphatic carbocycles. The molecule has 34 heavy (non-hydrogen) atoms. The van der Waals surface area contributed by atoms with Crippen LogP contribution < -0.4 is 9.80 Å². The molecule has 0 aromatic heterocycles. The first-order valence-electron chi connectivity index (χ1n) is 10.7. The molecule has 0 radical (unpaired) electrons. The maximum Gasteiger partial charge on any atom is 0.266 e. The lowest BCUT2D eigenvalue weighted by Crippen LogP contribution is -2.29. The number of fused-ring (bicyclic) bond motifs is 2. The van der Waals surface area contributed by atoms with Gasteiger partial charge in [-0.1, -0.05) is 48.5 Å². The van der Waals surface area contributed by atoms with E-state index in [1.165, 1.54) is 0 Å². The van der Waals surface area contributed by atoms with Gasteiger partial charge in [0.2, 0.25) is 0 Å². The SMILES string of the molecule is O=C1c2ccc(-c3ccc4c(c3)C(=O)N(c3ccccc3)C4=O)cc2C(=O)N1c1ccccc1. The third-order valence-electron chi connectivity index (χ3n) is 6.14. The molecule has 0 saturated carbocycles. The molecular weight excluding hydrogens is 428 g/mol. The number of imide groups is 2. The van der Waals surface area contributed by atoms with E-state index in [9.17, 15) is 19.2 Å². The van der Waals surface area contributed by atoms with Crippen LogP contribution in [0.15, 0.2) is 97.1 Å². The molecule has 2 aliphatic rings. The average Bonchev–Trinajstić information content (AvgIpc) is 3.28. The van der Waals surface area contributed by atoms with E-state index in [4.69, 9.17) is 0 Å². The molecule has 6 rings (SSSR count). The highest BCUT2D eigenvalue weighted by Crippen LogP contribution is 2.34. The van der Waals surface area contributed by atoms with Crippen molar-refractivity contribution in [3.05, 3.63) is 119 Å². The zero-order valence-corrected chi connectivity index (χ0v) is 17.8. The number of rotatable bonds is 3. The van der Waals surface area contributed by atoms with Crippen molar-refractivity contribution in [2.24, 2.45) is 0 Å². The number of amides is 4. The Morgan fingerprint density at radius 1 is 0.382 bits per heavy atom. The van der Waals surface area contributed by atoms with Crippen molar-refractivity contribution in [2.75, 3.05) is 9.80 Å². The molecule has 0 fully saturated rings. The van der Waals surface area contributed by atoms with Crippen LogP contribution in [0.5, 0.6) is 0 Å². The quantitative estimate of drug-likeness (QED) is 0.419. The lowest BCUT2D eigenvalue weighted by atomic mass is 9.97. The molecule has 6 nitrogen and oxygen atoms in total. The van der Waals surface area contributed by atoms with Crippen LogP contribution in [0.25, 0.3) is 11.1 Å². The molecule has 2 aliphatic heterocycles. The number of benzene rings is 4. The largest absolute Gasteiger partial charge is 0.268 e. The molecule has 6 heteroatoms. The van der Waals surface area contributed by atoms with Crippen molar-refractivity contribution < 1.29 is 19.2 Å². The van der Waals surface area contributed by atoms with Gasteiger partial charge in [-0.25, -0.2) is 9.80 Å². The van der Waals surface area contributed by atoms with Crippen LogP contribution in [0.3, 0.4) is 0 Å². The van der Waals surface area contributed by atoms with Crippen molar-refractivity contribution >= 4 is 35.0 Å². The molecule has 0 saturated heterocycles. The molecular formula is C28H16N2O4. The summed E-state index contributed by atoms with van der Waals surface area (Å²) in [5.74, 6) is -1.52. The summed E-state index contributed by atoms with van der Waals surface area (Å²) in [7, 11) is 0. The predicted octanol–water partition coefficient (Wildman–Crippen LogP) is 4.95. The first-order chi connectivity index (χ1) is 16.5. The summed E-state index contributed by atoms with van der Waals surface area (Å²) in [6.07, 6.45) is 0. The summed E-state index contributed by atoms with van der Waals surface area (Å²) in [6.45, 7) is 0. The minimum Gasteiger partial charge on any atom is -0.268 e. The van der Waals surface area contributed by atoms with E-state index >= 15 is 0 Å². The molecule has 162 valence electrons. The van der Waals surface area contributed by atoms with Crippen LogP contribution in [0.2, 0.25) is 0 Å². The third kappa shape index (κ3) is 2.82. The van der Waals surface area contributed by atoms with E-state index in [-0.39, 0.29) is 11.8 Å². The number of para-hydroxylation sites is 2. The number of anilines is 2. The molecule has 2 heterocycles. The molecule has 0 unspecified atom stereocenters. The van der Waals surface area contributed by atoms with E-state index in [1.807, 2.05) is 12.1 Å². The van der Waals surface area contributed by atoms with Gasteiger partial charge in [0.05, 0.1) is 33.6 Å². The number of nitrogens with zero attached hydrogens (tertiary/aromatic N) is 2. The van der Waals surface area contributed by atoms with Gasteiger partial charge in [-0.3, -0.25) is 19.2 Å². The van der Waals surface area contributed by atoms with Gasteiger partial charge >= 0.3 is 0 Å². The monoisotopic (exact) mass is 444 g/mol. The highest BCUT2D eigenvalue weighted by atomic mass is 16.2.